The minimum Gasteiger partial charge on any atom is -0.368 e. The van der Waals surface area contributed by atoms with Crippen LogP contribution in [0.25, 0.3) is 11.4 Å². The fraction of sp³-hybridized carbons (Fsp3) is 0.414. The van der Waals surface area contributed by atoms with Crippen LogP contribution < -0.4 is 4.90 Å². The molecule has 3 aromatic rings. The summed E-state index contributed by atoms with van der Waals surface area (Å²) in [7, 11) is 0. The maximum absolute atomic E-state index is 14.9. The molecule has 0 spiro atoms. The summed E-state index contributed by atoms with van der Waals surface area (Å²) in [5, 5.41) is 7.69. The molecule has 3 heterocycles. The Morgan fingerprint density at radius 2 is 1.84 bits per heavy atom. The normalized spacial score (nSPS) is 17.1. The van der Waals surface area contributed by atoms with E-state index in [0.717, 1.165) is 11.9 Å². The molecule has 0 N–H and O–H groups in total. The smallest absolute Gasteiger partial charge is 0.295 e. The van der Waals surface area contributed by atoms with Crippen LogP contribution in [0.15, 0.2) is 48.9 Å². The predicted octanol–water partition coefficient (Wildman–Crippen LogP) is 4.48. The van der Waals surface area contributed by atoms with Gasteiger partial charge in [-0.25, -0.2) is 14.1 Å². The molecule has 0 atom stereocenters. The Bertz CT molecular complexity index is 1340. The number of ketones is 1. The van der Waals surface area contributed by atoms with Gasteiger partial charge in [-0.1, -0.05) is 42.7 Å². The molecule has 1 saturated heterocycles. The van der Waals surface area contributed by atoms with Gasteiger partial charge >= 0.3 is 0 Å². The number of piperazine rings is 1. The van der Waals surface area contributed by atoms with Gasteiger partial charge in [-0.15, -0.1) is 5.10 Å². The summed E-state index contributed by atoms with van der Waals surface area (Å²) in [6, 6.07) is 8.76. The Kier molecular flexibility index (Phi) is 7.62. The van der Waals surface area contributed by atoms with Crippen LogP contribution in [0.5, 0.6) is 0 Å². The van der Waals surface area contributed by atoms with Crippen molar-refractivity contribution in [1.82, 2.24) is 24.9 Å². The lowest BCUT2D eigenvalue weighted by molar-refractivity contribution is -0.142. The van der Waals surface area contributed by atoms with Crippen LogP contribution in [0.2, 0.25) is 0 Å². The number of benzene rings is 1. The van der Waals surface area contributed by atoms with Crippen molar-refractivity contribution in [2.24, 2.45) is 0 Å². The molecule has 1 aliphatic heterocycles. The number of pyridine rings is 1. The first-order chi connectivity index (χ1) is 18.5. The molecule has 1 amide bonds. The molecule has 0 radical (unpaired) electrons. The fourth-order valence-electron chi connectivity index (χ4n) is 5.68. The summed E-state index contributed by atoms with van der Waals surface area (Å²) in [4.78, 5) is 34.6. The molecule has 9 heteroatoms. The van der Waals surface area contributed by atoms with E-state index >= 15 is 0 Å². The molecule has 0 unspecified atom stereocenters. The van der Waals surface area contributed by atoms with Crippen molar-refractivity contribution in [2.75, 3.05) is 31.1 Å². The first-order valence-electron chi connectivity index (χ1n) is 13.3. The zero-order valence-electron chi connectivity index (χ0n) is 21.9. The van der Waals surface area contributed by atoms with Crippen molar-refractivity contribution < 1.29 is 14.0 Å². The van der Waals surface area contributed by atoms with E-state index in [4.69, 9.17) is 0 Å². The second-order valence-corrected chi connectivity index (χ2v) is 10.0. The maximum atomic E-state index is 14.9. The molecule has 2 fully saturated rings. The Morgan fingerprint density at radius 1 is 1.08 bits per heavy atom. The van der Waals surface area contributed by atoms with Crippen molar-refractivity contribution in [3.63, 3.8) is 0 Å². The number of halogens is 1. The zero-order valence-corrected chi connectivity index (χ0v) is 21.9. The van der Waals surface area contributed by atoms with Gasteiger partial charge in [0.05, 0.1) is 18.6 Å². The van der Waals surface area contributed by atoms with E-state index in [1.165, 1.54) is 54.6 Å². The monoisotopic (exact) mass is 516 g/mol. The second-order valence-electron chi connectivity index (χ2n) is 10.0. The van der Waals surface area contributed by atoms with E-state index in [-0.39, 0.29) is 11.1 Å². The molecular formula is C29H33FN6O2. The third-order valence-corrected chi connectivity index (χ3v) is 7.76. The largest absolute Gasteiger partial charge is 0.368 e. The summed E-state index contributed by atoms with van der Waals surface area (Å²) in [5.74, 6) is -1.03. The van der Waals surface area contributed by atoms with Gasteiger partial charge < -0.3 is 9.80 Å². The van der Waals surface area contributed by atoms with E-state index in [0.29, 0.717) is 43.5 Å². The van der Waals surface area contributed by atoms with E-state index in [1.54, 1.807) is 24.9 Å². The number of allylic oxidation sites excluding steroid dienone is 1. The van der Waals surface area contributed by atoms with Gasteiger partial charge in [0.1, 0.15) is 5.82 Å². The lowest BCUT2D eigenvalue weighted by Gasteiger charge is -2.36. The van der Waals surface area contributed by atoms with Crippen LogP contribution in [-0.4, -0.2) is 62.7 Å². The van der Waals surface area contributed by atoms with Crippen LogP contribution >= 0.6 is 0 Å². The van der Waals surface area contributed by atoms with Gasteiger partial charge in [0.25, 0.3) is 11.7 Å². The lowest BCUT2D eigenvalue weighted by Crippen LogP contribution is -2.50. The first kappa shape index (κ1) is 25.8. The van der Waals surface area contributed by atoms with E-state index in [9.17, 15) is 14.0 Å². The Morgan fingerprint density at radius 3 is 2.53 bits per heavy atom. The number of rotatable bonds is 6. The number of hydrogen-bond donors (Lipinski definition) is 0. The molecule has 1 saturated carbocycles. The molecule has 2 aromatic heterocycles. The van der Waals surface area contributed by atoms with Gasteiger partial charge in [-0.05, 0) is 50.3 Å². The first-order valence-corrected chi connectivity index (χ1v) is 13.3. The third-order valence-electron chi connectivity index (χ3n) is 7.76. The molecular weight excluding hydrogens is 483 g/mol. The SMILES string of the molecule is C/C=C(/C(=O)C(=O)N1CCN(c2cccc(C3CCCCC3)c2)CC1)c1c(F)cnc(-n2ccnn2)c1C. The minimum atomic E-state index is -0.724. The van der Waals surface area contributed by atoms with Crippen molar-refractivity contribution >= 4 is 23.0 Å². The van der Waals surface area contributed by atoms with Gasteiger partial charge in [0.2, 0.25) is 0 Å². The minimum absolute atomic E-state index is 0.0244. The third kappa shape index (κ3) is 5.10. The topological polar surface area (TPSA) is 84.2 Å². The number of aromatic nitrogens is 4. The molecule has 1 aliphatic carbocycles. The highest BCUT2D eigenvalue weighted by atomic mass is 19.1. The van der Waals surface area contributed by atoms with Crippen molar-refractivity contribution in [3.8, 4) is 5.82 Å². The Balaban J connectivity index is 1.28. The second kappa shape index (κ2) is 11.2. The number of nitrogens with zero attached hydrogens (tertiary/aromatic N) is 6. The summed E-state index contributed by atoms with van der Waals surface area (Å²) in [6.07, 6.45) is 12.0. The fourth-order valence-corrected chi connectivity index (χ4v) is 5.68. The van der Waals surface area contributed by atoms with Gasteiger partial charge in [0, 0.05) is 48.6 Å². The van der Waals surface area contributed by atoms with E-state index < -0.39 is 17.5 Å². The summed E-state index contributed by atoms with van der Waals surface area (Å²) in [6.45, 7) is 5.42. The highest BCUT2D eigenvalue weighted by molar-refractivity contribution is 6.53. The number of carbonyl (C=O) groups is 2. The zero-order chi connectivity index (χ0) is 26.6. The molecule has 0 bridgehead atoms. The summed E-state index contributed by atoms with van der Waals surface area (Å²) >= 11 is 0. The van der Waals surface area contributed by atoms with Crippen molar-refractivity contribution in [1.29, 1.82) is 0 Å². The van der Waals surface area contributed by atoms with Crippen molar-refractivity contribution in [2.45, 2.75) is 51.9 Å². The molecule has 38 heavy (non-hydrogen) atoms. The van der Waals surface area contributed by atoms with Crippen LogP contribution in [0, 0.1) is 12.7 Å². The number of amides is 1. The van der Waals surface area contributed by atoms with Crippen molar-refractivity contribution in [3.05, 3.63) is 71.4 Å². The van der Waals surface area contributed by atoms with Gasteiger partial charge in [-0.3, -0.25) is 9.59 Å². The highest BCUT2D eigenvalue weighted by Gasteiger charge is 2.31. The molecule has 8 nitrogen and oxygen atoms in total. The van der Waals surface area contributed by atoms with E-state index in [2.05, 4.69) is 44.5 Å². The average molecular weight is 517 g/mol. The van der Waals surface area contributed by atoms with Crippen LogP contribution in [-0.2, 0) is 9.59 Å². The number of anilines is 1. The van der Waals surface area contributed by atoms with Crippen LogP contribution in [0.3, 0.4) is 0 Å². The molecule has 198 valence electrons. The number of Topliss-reactive ketones (excluding diaryl/α,β-unsaturated/α-hetero) is 1. The van der Waals surface area contributed by atoms with Gasteiger partial charge in [0.15, 0.2) is 5.82 Å². The lowest BCUT2D eigenvalue weighted by atomic mass is 9.84. The Hall–Kier alpha value is -3.88. The predicted molar refractivity (Wildman–Crippen MR) is 144 cm³/mol. The maximum Gasteiger partial charge on any atom is 0.295 e. The number of hydrogen-bond acceptors (Lipinski definition) is 6. The quantitative estimate of drug-likeness (QED) is 0.355. The summed E-state index contributed by atoms with van der Waals surface area (Å²) in [5.41, 5.74) is 3.05. The molecule has 2 aliphatic rings. The molecule has 1 aromatic carbocycles. The Labute approximate surface area is 222 Å². The number of carbonyl (C=O) groups excluding carboxylic acids is 2. The standard InChI is InChI=1S/C29H33FN6O2/c1-3-24(26-20(2)28(31-19-25(26)30)36-13-12-32-33-36)27(37)29(38)35-16-14-34(15-17-35)23-11-7-10-22(18-23)21-8-5-4-6-9-21/h3,7,10-13,18-19,21H,4-6,8-9,14-17H2,1-2H3/b24-3+. The average Bonchev–Trinajstić information content (AvgIpc) is 3.50. The molecule has 5 rings (SSSR count). The highest BCUT2D eigenvalue weighted by Crippen LogP contribution is 2.34. The summed E-state index contributed by atoms with van der Waals surface area (Å²) < 4.78 is 16.4. The van der Waals surface area contributed by atoms with Crippen LogP contribution in [0.4, 0.5) is 10.1 Å². The van der Waals surface area contributed by atoms with E-state index in [1.807, 2.05) is 0 Å². The van der Waals surface area contributed by atoms with Crippen LogP contribution in [0.1, 0.15) is 61.6 Å². The van der Waals surface area contributed by atoms with Gasteiger partial charge in [-0.2, -0.15) is 0 Å².